The fraction of sp³-hybridized carbons (Fsp3) is 0.222. The van der Waals surface area contributed by atoms with Gasteiger partial charge in [-0.25, -0.2) is 4.68 Å². The van der Waals surface area contributed by atoms with Crippen LogP contribution < -0.4 is 4.74 Å². The molecule has 2 aromatic heterocycles. The minimum absolute atomic E-state index is 0.472. The summed E-state index contributed by atoms with van der Waals surface area (Å²) in [4.78, 5) is 4.50. The standard InChI is InChI=1S/C18H17N5O2/c1-3-23-16-11-13(7-10-15(16)20-22-23)17-19-18(25-21-17)12-5-8-14(9-6-12)24-4-2/h5-11H,3-4H2,1-2H3. The van der Waals surface area contributed by atoms with E-state index in [9.17, 15) is 0 Å². The van der Waals surface area contributed by atoms with E-state index in [1.165, 1.54) is 0 Å². The largest absolute Gasteiger partial charge is 0.494 e. The Bertz CT molecular complexity index is 1000. The van der Waals surface area contributed by atoms with Gasteiger partial charge in [0, 0.05) is 17.7 Å². The lowest BCUT2D eigenvalue weighted by atomic mass is 10.2. The number of aromatic nitrogens is 5. The van der Waals surface area contributed by atoms with Crippen LogP contribution in [0.5, 0.6) is 5.75 Å². The molecule has 0 amide bonds. The Balaban J connectivity index is 1.66. The van der Waals surface area contributed by atoms with Gasteiger partial charge < -0.3 is 9.26 Å². The van der Waals surface area contributed by atoms with Crippen molar-refractivity contribution < 1.29 is 9.26 Å². The molecule has 2 heterocycles. The summed E-state index contributed by atoms with van der Waals surface area (Å²) in [7, 11) is 0. The molecule has 7 heteroatoms. The number of hydrogen-bond donors (Lipinski definition) is 0. The quantitative estimate of drug-likeness (QED) is 0.555. The van der Waals surface area contributed by atoms with Crippen LogP contribution in [0, 0.1) is 0 Å². The summed E-state index contributed by atoms with van der Waals surface area (Å²) in [5.41, 5.74) is 3.52. The number of ether oxygens (including phenoxy) is 1. The van der Waals surface area contributed by atoms with Gasteiger partial charge in [-0.05, 0) is 56.3 Å². The second-order valence-electron chi connectivity index (χ2n) is 5.49. The van der Waals surface area contributed by atoms with Gasteiger partial charge in [-0.3, -0.25) is 0 Å². The highest BCUT2D eigenvalue weighted by Crippen LogP contribution is 2.25. The molecule has 0 fully saturated rings. The van der Waals surface area contributed by atoms with Crippen LogP contribution in [0.4, 0.5) is 0 Å². The monoisotopic (exact) mass is 335 g/mol. The first kappa shape index (κ1) is 15.3. The number of rotatable bonds is 5. The summed E-state index contributed by atoms with van der Waals surface area (Å²) >= 11 is 0. The van der Waals surface area contributed by atoms with Gasteiger partial charge >= 0.3 is 0 Å². The van der Waals surface area contributed by atoms with E-state index in [-0.39, 0.29) is 0 Å². The molecule has 0 spiro atoms. The fourth-order valence-corrected chi connectivity index (χ4v) is 2.66. The molecule has 126 valence electrons. The van der Waals surface area contributed by atoms with Gasteiger partial charge in [-0.15, -0.1) is 5.10 Å². The van der Waals surface area contributed by atoms with E-state index in [0.717, 1.165) is 34.5 Å². The van der Waals surface area contributed by atoms with Crippen molar-refractivity contribution in [3.8, 4) is 28.6 Å². The molecule has 2 aromatic carbocycles. The van der Waals surface area contributed by atoms with E-state index in [1.54, 1.807) is 0 Å². The number of hydrogen-bond acceptors (Lipinski definition) is 6. The topological polar surface area (TPSA) is 78.9 Å². The summed E-state index contributed by atoms with van der Waals surface area (Å²) in [5.74, 6) is 1.83. The lowest BCUT2D eigenvalue weighted by molar-refractivity contribution is 0.340. The number of fused-ring (bicyclic) bond motifs is 1. The third-order valence-electron chi connectivity index (χ3n) is 3.91. The number of aryl methyl sites for hydroxylation is 1. The predicted molar refractivity (Wildman–Crippen MR) is 93.1 cm³/mol. The van der Waals surface area contributed by atoms with Gasteiger partial charge in [0.25, 0.3) is 5.89 Å². The van der Waals surface area contributed by atoms with Crippen LogP contribution in [0.15, 0.2) is 47.0 Å². The van der Waals surface area contributed by atoms with Gasteiger partial charge in [-0.1, -0.05) is 10.4 Å². The van der Waals surface area contributed by atoms with Crippen LogP contribution in [-0.2, 0) is 6.54 Å². The van der Waals surface area contributed by atoms with Crippen LogP contribution in [-0.4, -0.2) is 31.7 Å². The van der Waals surface area contributed by atoms with Crippen molar-refractivity contribution in [3.05, 3.63) is 42.5 Å². The molecule has 0 aliphatic rings. The SMILES string of the molecule is CCOc1ccc(-c2nc(-c3ccc4nnn(CC)c4c3)no2)cc1. The van der Waals surface area contributed by atoms with Gasteiger partial charge in [0.2, 0.25) is 5.82 Å². The molecule has 4 rings (SSSR count). The van der Waals surface area contributed by atoms with E-state index in [1.807, 2.05) is 61.0 Å². The molecule has 0 atom stereocenters. The molecule has 7 nitrogen and oxygen atoms in total. The Hall–Kier alpha value is -3.22. The van der Waals surface area contributed by atoms with Crippen LogP contribution in [0.2, 0.25) is 0 Å². The molecule has 4 aromatic rings. The fourth-order valence-electron chi connectivity index (χ4n) is 2.66. The Labute approximate surface area is 144 Å². The van der Waals surface area contributed by atoms with E-state index in [0.29, 0.717) is 18.3 Å². The second kappa shape index (κ2) is 6.35. The smallest absolute Gasteiger partial charge is 0.258 e. The second-order valence-corrected chi connectivity index (χ2v) is 5.49. The van der Waals surface area contributed by atoms with Crippen LogP contribution in [0.1, 0.15) is 13.8 Å². The van der Waals surface area contributed by atoms with Crippen molar-refractivity contribution >= 4 is 11.0 Å². The number of benzene rings is 2. The van der Waals surface area contributed by atoms with Gasteiger partial charge in [0.05, 0.1) is 12.1 Å². The number of nitrogens with zero attached hydrogens (tertiary/aromatic N) is 5. The minimum atomic E-state index is 0.472. The summed E-state index contributed by atoms with van der Waals surface area (Å²) in [6.45, 7) is 5.37. The van der Waals surface area contributed by atoms with Crippen molar-refractivity contribution in [2.45, 2.75) is 20.4 Å². The Morgan fingerprint density at radius 1 is 1.04 bits per heavy atom. The highest BCUT2D eigenvalue weighted by Gasteiger charge is 2.13. The van der Waals surface area contributed by atoms with Gasteiger partial charge in [-0.2, -0.15) is 4.98 Å². The average Bonchev–Trinajstić information content (AvgIpc) is 3.29. The summed E-state index contributed by atoms with van der Waals surface area (Å²) in [6, 6.07) is 13.4. The Morgan fingerprint density at radius 3 is 2.60 bits per heavy atom. The highest BCUT2D eigenvalue weighted by atomic mass is 16.5. The minimum Gasteiger partial charge on any atom is -0.494 e. The first-order valence-corrected chi connectivity index (χ1v) is 8.19. The van der Waals surface area contributed by atoms with Crippen molar-refractivity contribution in [2.75, 3.05) is 6.61 Å². The normalized spacial score (nSPS) is 11.1. The molecular formula is C18H17N5O2. The maximum atomic E-state index is 5.45. The van der Waals surface area contributed by atoms with E-state index < -0.39 is 0 Å². The van der Waals surface area contributed by atoms with Gasteiger partial charge in [0.15, 0.2) is 0 Å². The zero-order valence-corrected chi connectivity index (χ0v) is 14.0. The maximum absolute atomic E-state index is 5.45. The highest BCUT2D eigenvalue weighted by molar-refractivity contribution is 5.80. The summed E-state index contributed by atoms with van der Waals surface area (Å²) in [5, 5.41) is 12.4. The molecule has 0 saturated carbocycles. The first-order chi connectivity index (χ1) is 12.3. The van der Waals surface area contributed by atoms with Crippen molar-refractivity contribution in [2.24, 2.45) is 0 Å². The molecule has 0 unspecified atom stereocenters. The zero-order chi connectivity index (χ0) is 17.2. The summed E-state index contributed by atoms with van der Waals surface area (Å²) < 4.78 is 12.7. The molecule has 25 heavy (non-hydrogen) atoms. The van der Waals surface area contributed by atoms with E-state index in [4.69, 9.17) is 9.26 Å². The molecular weight excluding hydrogens is 318 g/mol. The van der Waals surface area contributed by atoms with Crippen molar-refractivity contribution in [1.82, 2.24) is 25.1 Å². The maximum Gasteiger partial charge on any atom is 0.258 e. The lowest BCUT2D eigenvalue weighted by Crippen LogP contribution is -1.96. The molecule has 0 aliphatic carbocycles. The summed E-state index contributed by atoms with van der Waals surface area (Å²) in [6.07, 6.45) is 0. The third-order valence-corrected chi connectivity index (χ3v) is 3.91. The molecule has 0 saturated heterocycles. The average molecular weight is 335 g/mol. The van der Waals surface area contributed by atoms with Gasteiger partial charge in [0.1, 0.15) is 11.3 Å². The Kier molecular flexibility index (Phi) is 3.89. The molecule has 0 aliphatic heterocycles. The van der Waals surface area contributed by atoms with Crippen LogP contribution in [0.3, 0.4) is 0 Å². The molecule has 0 N–H and O–H groups in total. The van der Waals surface area contributed by atoms with Crippen molar-refractivity contribution in [1.29, 1.82) is 0 Å². The predicted octanol–water partition coefficient (Wildman–Crippen LogP) is 3.57. The lowest BCUT2D eigenvalue weighted by Gasteiger charge is -2.02. The van der Waals surface area contributed by atoms with Crippen molar-refractivity contribution in [3.63, 3.8) is 0 Å². The first-order valence-electron chi connectivity index (χ1n) is 8.19. The molecule has 0 bridgehead atoms. The van der Waals surface area contributed by atoms with E-state index >= 15 is 0 Å². The Morgan fingerprint density at radius 2 is 1.84 bits per heavy atom. The van der Waals surface area contributed by atoms with Crippen LogP contribution in [0.25, 0.3) is 33.9 Å². The van der Waals surface area contributed by atoms with E-state index in [2.05, 4.69) is 20.5 Å². The third kappa shape index (κ3) is 2.84. The zero-order valence-electron chi connectivity index (χ0n) is 14.0. The van der Waals surface area contributed by atoms with Crippen LogP contribution >= 0.6 is 0 Å². The molecule has 0 radical (unpaired) electrons.